The summed E-state index contributed by atoms with van der Waals surface area (Å²) in [5.74, 6) is 1.54. The Morgan fingerprint density at radius 2 is 1.90 bits per heavy atom. The molecule has 0 aromatic heterocycles. The first-order chi connectivity index (χ1) is 10.2. The molecule has 1 saturated carbocycles. The van der Waals surface area contributed by atoms with Crippen molar-refractivity contribution in [1.29, 1.82) is 0 Å². The van der Waals surface area contributed by atoms with E-state index in [1.807, 2.05) is 24.3 Å². The van der Waals surface area contributed by atoms with Gasteiger partial charge >= 0.3 is 0 Å². The monoisotopic (exact) mass is 287 g/mol. The Balaban J connectivity index is 1.73. The molecule has 21 heavy (non-hydrogen) atoms. The number of hydrogen-bond acceptors (Lipinski definition) is 3. The zero-order valence-corrected chi connectivity index (χ0v) is 11.9. The highest BCUT2D eigenvalue weighted by Crippen LogP contribution is 2.27. The first-order valence-corrected chi connectivity index (χ1v) is 7.08. The maximum atomic E-state index is 13.7. The third kappa shape index (κ3) is 3.95. The van der Waals surface area contributed by atoms with Crippen LogP contribution in [0.15, 0.2) is 42.5 Å². The van der Waals surface area contributed by atoms with Crippen LogP contribution in [0.2, 0.25) is 0 Å². The summed E-state index contributed by atoms with van der Waals surface area (Å²) in [6.45, 7) is 0.664. The van der Waals surface area contributed by atoms with Crippen molar-refractivity contribution in [2.45, 2.75) is 25.4 Å². The highest BCUT2D eigenvalue weighted by molar-refractivity contribution is 5.38. The molecule has 2 aromatic carbocycles. The smallest absolute Gasteiger partial charge is 0.131 e. The van der Waals surface area contributed by atoms with E-state index in [0.717, 1.165) is 5.56 Å². The topological polar surface area (TPSA) is 30.5 Å². The van der Waals surface area contributed by atoms with E-state index in [1.54, 1.807) is 13.2 Å². The molecule has 0 radical (unpaired) electrons. The number of rotatable bonds is 6. The summed E-state index contributed by atoms with van der Waals surface area (Å²) in [5, 5.41) is 3.37. The summed E-state index contributed by atoms with van der Waals surface area (Å²) in [6, 6.07) is 12.6. The predicted molar refractivity (Wildman–Crippen MR) is 79.3 cm³/mol. The van der Waals surface area contributed by atoms with Gasteiger partial charge in [-0.2, -0.15) is 0 Å². The Morgan fingerprint density at radius 1 is 1.10 bits per heavy atom. The van der Waals surface area contributed by atoms with Gasteiger partial charge in [0, 0.05) is 24.7 Å². The molecule has 3 nitrogen and oxygen atoms in total. The highest BCUT2D eigenvalue weighted by Gasteiger charge is 2.20. The maximum Gasteiger partial charge on any atom is 0.131 e. The molecule has 1 aliphatic rings. The van der Waals surface area contributed by atoms with Crippen molar-refractivity contribution in [1.82, 2.24) is 5.32 Å². The second kappa shape index (κ2) is 6.14. The first-order valence-electron chi connectivity index (χ1n) is 7.08. The van der Waals surface area contributed by atoms with E-state index < -0.39 is 0 Å². The SMILES string of the molecule is COc1cccc(Oc2cc(F)cc(CNC3CC3)c2)c1. The molecule has 0 spiro atoms. The molecule has 110 valence electrons. The molecule has 2 aromatic rings. The molecular weight excluding hydrogens is 269 g/mol. The Bertz CT molecular complexity index is 626. The van der Waals surface area contributed by atoms with Gasteiger partial charge in [0.25, 0.3) is 0 Å². The molecule has 0 amide bonds. The molecule has 0 unspecified atom stereocenters. The Morgan fingerprint density at radius 3 is 2.67 bits per heavy atom. The standard InChI is InChI=1S/C17H18FNO2/c1-20-15-3-2-4-16(10-15)21-17-8-12(7-13(18)9-17)11-19-14-5-6-14/h2-4,7-10,14,19H,5-6,11H2,1H3. The van der Waals surface area contributed by atoms with Gasteiger partial charge in [-0.25, -0.2) is 4.39 Å². The van der Waals surface area contributed by atoms with Crippen LogP contribution in [0.4, 0.5) is 4.39 Å². The fourth-order valence-corrected chi connectivity index (χ4v) is 2.13. The van der Waals surface area contributed by atoms with Crippen molar-refractivity contribution in [3.63, 3.8) is 0 Å². The number of nitrogens with one attached hydrogen (secondary N) is 1. The van der Waals surface area contributed by atoms with Crippen molar-refractivity contribution in [2.75, 3.05) is 7.11 Å². The Hall–Kier alpha value is -2.07. The van der Waals surface area contributed by atoms with Crippen molar-refractivity contribution in [3.8, 4) is 17.2 Å². The van der Waals surface area contributed by atoms with E-state index in [1.165, 1.54) is 25.0 Å². The zero-order chi connectivity index (χ0) is 14.7. The number of methoxy groups -OCH3 is 1. The molecule has 0 atom stereocenters. The summed E-state index contributed by atoms with van der Waals surface area (Å²) in [7, 11) is 1.60. The van der Waals surface area contributed by atoms with Gasteiger partial charge in [0.05, 0.1) is 7.11 Å². The fraction of sp³-hybridized carbons (Fsp3) is 0.294. The van der Waals surface area contributed by atoms with Gasteiger partial charge in [-0.3, -0.25) is 0 Å². The van der Waals surface area contributed by atoms with E-state index in [0.29, 0.717) is 29.8 Å². The van der Waals surface area contributed by atoms with Crippen molar-refractivity contribution >= 4 is 0 Å². The van der Waals surface area contributed by atoms with Gasteiger partial charge in [0.15, 0.2) is 0 Å². The van der Waals surface area contributed by atoms with Crippen LogP contribution < -0.4 is 14.8 Å². The first kappa shape index (κ1) is 13.9. The summed E-state index contributed by atoms with van der Waals surface area (Å²) >= 11 is 0. The van der Waals surface area contributed by atoms with Gasteiger partial charge in [-0.05, 0) is 42.7 Å². The minimum Gasteiger partial charge on any atom is -0.497 e. The average molecular weight is 287 g/mol. The maximum absolute atomic E-state index is 13.7. The summed E-state index contributed by atoms with van der Waals surface area (Å²) in [4.78, 5) is 0. The van der Waals surface area contributed by atoms with E-state index in [4.69, 9.17) is 9.47 Å². The predicted octanol–water partition coefficient (Wildman–Crippen LogP) is 3.88. The third-order valence-corrected chi connectivity index (χ3v) is 3.38. The lowest BCUT2D eigenvalue weighted by molar-refractivity contribution is 0.408. The van der Waals surface area contributed by atoms with Crippen LogP contribution in [0.25, 0.3) is 0 Å². The molecular formula is C17H18FNO2. The van der Waals surface area contributed by atoms with E-state index in [9.17, 15) is 4.39 Å². The molecule has 1 fully saturated rings. The molecule has 0 saturated heterocycles. The Labute approximate surface area is 123 Å². The van der Waals surface area contributed by atoms with Crippen LogP contribution in [-0.4, -0.2) is 13.2 Å². The van der Waals surface area contributed by atoms with Crippen LogP contribution >= 0.6 is 0 Å². The molecule has 0 heterocycles. The minimum atomic E-state index is -0.289. The lowest BCUT2D eigenvalue weighted by atomic mass is 10.2. The van der Waals surface area contributed by atoms with Gasteiger partial charge in [-0.1, -0.05) is 6.07 Å². The minimum absolute atomic E-state index is 0.289. The van der Waals surface area contributed by atoms with Crippen LogP contribution in [-0.2, 0) is 6.54 Å². The summed E-state index contributed by atoms with van der Waals surface area (Å²) in [5.41, 5.74) is 0.889. The van der Waals surface area contributed by atoms with E-state index >= 15 is 0 Å². The molecule has 1 aliphatic carbocycles. The lowest BCUT2D eigenvalue weighted by Gasteiger charge is -2.10. The Kier molecular flexibility index (Phi) is 4.06. The molecule has 0 bridgehead atoms. The second-order valence-corrected chi connectivity index (χ2v) is 5.23. The van der Waals surface area contributed by atoms with Crippen LogP contribution in [0.5, 0.6) is 17.2 Å². The van der Waals surface area contributed by atoms with Crippen LogP contribution in [0.1, 0.15) is 18.4 Å². The molecule has 4 heteroatoms. The summed E-state index contributed by atoms with van der Waals surface area (Å²) < 4.78 is 24.5. The lowest BCUT2D eigenvalue weighted by Crippen LogP contribution is -2.15. The second-order valence-electron chi connectivity index (χ2n) is 5.23. The highest BCUT2D eigenvalue weighted by atomic mass is 19.1. The van der Waals surface area contributed by atoms with Gasteiger partial charge in [-0.15, -0.1) is 0 Å². The zero-order valence-electron chi connectivity index (χ0n) is 11.9. The number of benzene rings is 2. The van der Waals surface area contributed by atoms with Gasteiger partial charge in [0.1, 0.15) is 23.1 Å². The fourth-order valence-electron chi connectivity index (χ4n) is 2.13. The normalized spacial score (nSPS) is 14.0. The van der Waals surface area contributed by atoms with E-state index in [-0.39, 0.29) is 5.82 Å². The third-order valence-electron chi connectivity index (χ3n) is 3.38. The van der Waals surface area contributed by atoms with Crippen molar-refractivity contribution < 1.29 is 13.9 Å². The molecule has 0 aliphatic heterocycles. The number of ether oxygens (including phenoxy) is 2. The van der Waals surface area contributed by atoms with Gasteiger partial charge in [0.2, 0.25) is 0 Å². The number of halogens is 1. The van der Waals surface area contributed by atoms with Crippen molar-refractivity contribution in [2.24, 2.45) is 0 Å². The van der Waals surface area contributed by atoms with Crippen molar-refractivity contribution in [3.05, 3.63) is 53.8 Å². The quantitative estimate of drug-likeness (QED) is 0.874. The van der Waals surface area contributed by atoms with Crippen LogP contribution in [0.3, 0.4) is 0 Å². The van der Waals surface area contributed by atoms with Gasteiger partial charge < -0.3 is 14.8 Å². The number of hydrogen-bond donors (Lipinski definition) is 1. The van der Waals surface area contributed by atoms with E-state index in [2.05, 4.69) is 5.32 Å². The summed E-state index contributed by atoms with van der Waals surface area (Å²) in [6.07, 6.45) is 2.42. The molecule has 3 rings (SSSR count). The van der Waals surface area contributed by atoms with Crippen LogP contribution in [0, 0.1) is 5.82 Å². The molecule has 1 N–H and O–H groups in total. The average Bonchev–Trinajstić information content (AvgIpc) is 3.29. The largest absolute Gasteiger partial charge is 0.497 e.